The third-order valence-electron chi connectivity index (χ3n) is 3.59. The standard InChI is InChI=1S/C12H16ClN5O5/c13-12-16-9(14-1-2-19)6-10(17-12)18(4-15-6)11-8(22)7(21)5(3-20)23-11/h4-5,7-8,11,19-22H,1-3H2,(H,14,16,17)/t5-,7-,8-,11-/m1/s1. The Kier molecular flexibility index (Phi) is 4.62. The molecule has 0 radical (unpaired) electrons. The monoisotopic (exact) mass is 345 g/mol. The lowest BCUT2D eigenvalue weighted by molar-refractivity contribution is -0.0511. The van der Waals surface area contributed by atoms with E-state index < -0.39 is 31.1 Å². The van der Waals surface area contributed by atoms with Crippen LogP contribution in [0.1, 0.15) is 6.23 Å². The van der Waals surface area contributed by atoms with Crippen LogP contribution in [0.15, 0.2) is 6.33 Å². The molecule has 0 spiro atoms. The van der Waals surface area contributed by atoms with E-state index in [1.165, 1.54) is 10.9 Å². The molecule has 1 saturated heterocycles. The van der Waals surface area contributed by atoms with Gasteiger partial charge in [-0.15, -0.1) is 0 Å². The maximum absolute atomic E-state index is 10.1. The molecule has 2 aromatic heterocycles. The van der Waals surface area contributed by atoms with E-state index in [2.05, 4.69) is 20.3 Å². The van der Waals surface area contributed by atoms with E-state index in [4.69, 9.17) is 26.6 Å². The molecule has 1 fully saturated rings. The zero-order chi connectivity index (χ0) is 16.6. The van der Waals surface area contributed by atoms with Gasteiger partial charge in [0.2, 0.25) is 5.28 Å². The summed E-state index contributed by atoms with van der Waals surface area (Å²) in [5.74, 6) is 0.333. The molecule has 2 aromatic rings. The summed E-state index contributed by atoms with van der Waals surface area (Å²) in [7, 11) is 0. The number of rotatable bonds is 5. The number of aliphatic hydroxyl groups excluding tert-OH is 4. The molecule has 10 nitrogen and oxygen atoms in total. The van der Waals surface area contributed by atoms with E-state index in [-0.39, 0.29) is 18.4 Å². The van der Waals surface area contributed by atoms with Gasteiger partial charge in [0, 0.05) is 6.54 Å². The van der Waals surface area contributed by atoms with Crippen molar-refractivity contribution in [3.8, 4) is 0 Å². The van der Waals surface area contributed by atoms with Crippen LogP contribution in [0.2, 0.25) is 5.28 Å². The number of nitrogens with zero attached hydrogens (tertiary/aromatic N) is 4. The second-order valence-electron chi connectivity index (χ2n) is 5.04. The Hall–Kier alpha value is -1.56. The molecule has 126 valence electrons. The van der Waals surface area contributed by atoms with E-state index in [9.17, 15) is 10.2 Å². The quantitative estimate of drug-likeness (QED) is 0.408. The summed E-state index contributed by atoms with van der Waals surface area (Å²) in [6.07, 6.45) is -2.99. The van der Waals surface area contributed by atoms with Crippen LogP contribution in [-0.4, -0.2) is 78.0 Å². The Balaban J connectivity index is 2.01. The topological polar surface area (TPSA) is 146 Å². The maximum Gasteiger partial charge on any atom is 0.226 e. The first-order chi connectivity index (χ1) is 11.1. The number of fused-ring (bicyclic) bond motifs is 1. The highest BCUT2D eigenvalue weighted by molar-refractivity contribution is 6.28. The third-order valence-corrected chi connectivity index (χ3v) is 3.76. The summed E-state index contributed by atoms with van der Waals surface area (Å²) in [4.78, 5) is 12.3. The number of aromatic nitrogens is 4. The molecular formula is C12H16ClN5O5. The summed E-state index contributed by atoms with van der Waals surface area (Å²) in [6, 6.07) is 0. The van der Waals surface area contributed by atoms with Gasteiger partial charge in [-0.25, -0.2) is 4.98 Å². The summed E-state index contributed by atoms with van der Waals surface area (Å²) in [5, 5.41) is 40.8. The number of hydrogen-bond donors (Lipinski definition) is 5. The van der Waals surface area contributed by atoms with Gasteiger partial charge in [-0.05, 0) is 11.6 Å². The zero-order valence-corrected chi connectivity index (χ0v) is 12.6. The Morgan fingerprint density at radius 3 is 2.70 bits per heavy atom. The molecule has 3 heterocycles. The Bertz CT molecular complexity index is 698. The summed E-state index contributed by atoms with van der Waals surface area (Å²) < 4.78 is 6.87. The molecule has 0 aliphatic carbocycles. The highest BCUT2D eigenvalue weighted by atomic mass is 35.5. The van der Waals surface area contributed by atoms with Gasteiger partial charge in [0.25, 0.3) is 0 Å². The van der Waals surface area contributed by atoms with Crippen LogP contribution in [0.4, 0.5) is 5.82 Å². The van der Waals surface area contributed by atoms with Crippen LogP contribution in [0.25, 0.3) is 11.2 Å². The molecule has 5 N–H and O–H groups in total. The Morgan fingerprint density at radius 1 is 1.26 bits per heavy atom. The largest absolute Gasteiger partial charge is 0.395 e. The average molecular weight is 346 g/mol. The van der Waals surface area contributed by atoms with Crippen LogP contribution in [-0.2, 0) is 4.74 Å². The number of aliphatic hydroxyl groups is 4. The van der Waals surface area contributed by atoms with Crippen molar-refractivity contribution in [3.05, 3.63) is 11.6 Å². The fraction of sp³-hybridized carbons (Fsp3) is 0.583. The number of ether oxygens (including phenoxy) is 1. The fourth-order valence-corrected chi connectivity index (χ4v) is 2.65. The molecule has 3 rings (SSSR count). The van der Waals surface area contributed by atoms with Gasteiger partial charge in [-0.1, -0.05) is 0 Å². The van der Waals surface area contributed by atoms with Crippen molar-refractivity contribution in [1.82, 2.24) is 19.5 Å². The van der Waals surface area contributed by atoms with Crippen LogP contribution >= 0.6 is 11.6 Å². The van der Waals surface area contributed by atoms with Crippen LogP contribution < -0.4 is 5.32 Å². The SMILES string of the molecule is OCCNc1nc(Cl)nc2c1ncn2[C@@H]1O[C@H](CO)[C@@H](O)[C@H]1O. The van der Waals surface area contributed by atoms with Crippen molar-refractivity contribution in [2.75, 3.05) is 25.1 Å². The molecule has 4 atom stereocenters. The maximum atomic E-state index is 10.1. The number of hydrogen-bond acceptors (Lipinski definition) is 9. The Labute approximate surface area is 135 Å². The molecule has 0 amide bonds. The molecule has 0 aromatic carbocycles. The first-order valence-corrected chi connectivity index (χ1v) is 7.32. The highest BCUT2D eigenvalue weighted by Crippen LogP contribution is 2.32. The number of halogens is 1. The molecule has 1 aliphatic rings. The van der Waals surface area contributed by atoms with Crippen LogP contribution in [0.3, 0.4) is 0 Å². The summed E-state index contributed by atoms with van der Waals surface area (Å²) >= 11 is 5.90. The van der Waals surface area contributed by atoms with Crippen molar-refractivity contribution in [1.29, 1.82) is 0 Å². The predicted molar refractivity (Wildman–Crippen MR) is 78.9 cm³/mol. The van der Waals surface area contributed by atoms with Crippen molar-refractivity contribution in [3.63, 3.8) is 0 Å². The van der Waals surface area contributed by atoms with Gasteiger partial charge in [-0.3, -0.25) is 4.57 Å². The van der Waals surface area contributed by atoms with Gasteiger partial charge in [0.1, 0.15) is 18.3 Å². The van der Waals surface area contributed by atoms with Crippen molar-refractivity contribution in [2.45, 2.75) is 24.5 Å². The predicted octanol–water partition coefficient (Wildman–Crippen LogP) is -1.50. The second kappa shape index (κ2) is 6.51. The number of imidazole rings is 1. The van der Waals surface area contributed by atoms with E-state index in [1.807, 2.05) is 0 Å². The lowest BCUT2D eigenvalue weighted by Gasteiger charge is -2.16. The minimum absolute atomic E-state index is 0.0496. The third kappa shape index (κ3) is 2.84. The van der Waals surface area contributed by atoms with Crippen molar-refractivity contribution >= 4 is 28.6 Å². The molecule has 0 saturated carbocycles. The van der Waals surface area contributed by atoms with Gasteiger partial charge in [-0.2, -0.15) is 9.97 Å². The first kappa shape index (κ1) is 16.3. The second-order valence-corrected chi connectivity index (χ2v) is 5.38. The summed E-state index contributed by atoms with van der Waals surface area (Å²) in [6.45, 7) is -0.276. The van der Waals surface area contributed by atoms with Gasteiger partial charge in [0.05, 0.1) is 19.5 Å². The summed E-state index contributed by atoms with van der Waals surface area (Å²) in [5.41, 5.74) is 0.667. The van der Waals surface area contributed by atoms with Gasteiger partial charge < -0.3 is 30.5 Å². The Morgan fingerprint density at radius 2 is 2.04 bits per heavy atom. The van der Waals surface area contributed by atoms with Crippen LogP contribution in [0.5, 0.6) is 0 Å². The van der Waals surface area contributed by atoms with E-state index in [0.29, 0.717) is 17.0 Å². The highest BCUT2D eigenvalue weighted by Gasteiger charge is 2.44. The van der Waals surface area contributed by atoms with Crippen LogP contribution in [0, 0.1) is 0 Å². The molecule has 23 heavy (non-hydrogen) atoms. The lowest BCUT2D eigenvalue weighted by Crippen LogP contribution is -2.33. The number of nitrogens with one attached hydrogen (secondary N) is 1. The van der Waals surface area contributed by atoms with Crippen molar-refractivity contribution in [2.24, 2.45) is 0 Å². The smallest absolute Gasteiger partial charge is 0.226 e. The minimum atomic E-state index is -1.26. The average Bonchev–Trinajstić information content (AvgIpc) is 3.07. The first-order valence-electron chi connectivity index (χ1n) is 6.94. The normalized spacial score (nSPS) is 27.7. The minimum Gasteiger partial charge on any atom is -0.395 e. The van der Waals surface area contributed by atoms with Crippen molar-refractivity contribution < 1.29 is 25.2 Å². The van der Waals surface area contributed by atoms with Gasteiger partial charge >= 0.3 is 0 Å². The molecule has 1 aliphatic heterocycles. The molecular weight excluding hydrogens is 330 g/mol. The van der Waals surface area contributed by atoms with E-state index >= 15 is 0 Å². The zero-order valence-electron chi connectivity index (χ0n) is 11.9. The van der Waals surface area contributed by atoms with Gasteiger partial charge in [0.15, 0.2) is 23.2 Å². The van der Waals surface area contributed by atoms with E-state index in [0.717, 1.165) is 0 Å². The molecule has 11 heteroatoms. The number of anilines is 1. The van der Waals surface area contributed by atoms with E-state index in [1.54, 1.807) is 0 Å². The fourth-order valence-electron chi connectivity index (χ4n) is 2.48. The molecule has 0 bridgehead atoms. The molecule has 0 unspecified atom stereocenters. The lowest BCUT2D eigenvalue weighted by atomic mass is 10.1.